The highest BCUT2D eigenvalue weighted by atomic mass is 15.4. The first-order valence-corrected chi connectivity index (χ1v) is 7.02. The van der Waals surface area contributed by atoms with E-state index in [4.69, 9.17) is 0 Å². The number of benzene rings is 2. The molecule has 2 heteroatoms. The van der Waals surface area contributed by atoms with E-state index in [1.54, 1.807) is 0 Å². The Balaban J connectivity index is 2.14. The molecule has 0 radical (unpaired) electrons. The zero-order valence-electron chi connectivity index (χ0n) is 12.2. The summed E-state index contributed by atoms with van der Waals surface area (Å²) < 4.78 is 0. The first-order valence-electron chi connectivity index (χ1n) is 7.02. The smallest absolute Gasteiger partial charge is 0.102 e. The number of hydrogen-bond donors (Lipinski definition) is 0. The molecule has 3 rings (SSSR count). The summed E-state index contributed by atoms with van der Waals surface area (Å²) in [5.74, 6) is 0. The monoisotopic (exact) mass is 264 g/mol. The van der Waals surface area contributed by atoms with Gasteiger partial charge in [0, 0.05) is 25.0 Å². The Kier molecular flexibility index (Phi) is 3.23. The predicted molar refractivity (Wildman–Crippen MR) is 85.5 cm³/mol. The fourth-order valence-electron chi connectivity index (χ4n) is 2.74. The summed E-state index contributed by atoms with van der Waals surface area (Å²) >= 11 is 0. The van der Waals surface area contributed by atoms with Crippen LogP contribution in [0.5, 0.6) is 0 Å². The number of rotatable bonds is 2. The molecule has 1 aliphatic heterocycles. The van der Waals surface area contributed by atoms with Crippen LogP contribution in [-0.2, 0) is 0 Å². The van der Waals surface area contributed by atoms with Crippen molar-refractivity contribution in [3.63, 3.8) is 0 Å². The first-order chi connectivity index (χ1) is 9.68. The number of nitrogens with zero attached hydrogens (tertiary/aromatic N) is 2. The molecule has 0 N–H and O–H groups in total. The van der Waals surface area contributed by atoms with Gasteiger partial charge in [-0.3, -0.25) is 0 Å². The normalized spacial score (nSPS) is 17.9. The van der Waals surface area contributed by atoms with Gasteiger partial charge in [-0.05, 0) is 25.0 Å². The van der Waals surface area contributed by atoms with E-state index in [1.165, 1.54) is 22.4 Å². The summed E-state index contributed by atoms with van der Waals surface area (Å²) in [6.45, 7) is 4.40. The fourth-order valence-corrected chi connectivity index (χ4v) is 2.74. The summed E-state index contributed by atoms with van der Waals surface area (Å²) in [4.78, 5) is 4.57. The van der Waals surface area contributed by atoms with Gasteiger partial charge in [-0.25, -0.2) is 0 Å². The van der Waals surface area contributed by atoms with Crippen LogP contribution in [0, 0.1) is 6.92 Å². The highest BCUT2D eigenvalue weighted by Gasteiger charge is 2.23. The molecule has 0 fully saturated rings. The van der Waals surface area contributed by atoms with Gasteiger partial charge in [0.2, 0.25) is 0 Å². The third-order valence-electron chi connectivity index (χ3n) is 4.04. The maximum atomic E-state index is 2.34. The fraction of sp³-hybridized carbons (Fsp3) is 0.222. The highest BCUT2D eigenvalue weighted by Crippen LogP contribution is 2.36. The summed E-state index contributed by atoms with van der Waals surface area (Å²) in [5.41, 5.74) is 5.16. The lowest BCUT2D eigenvalue weighted by Gasteiger charge is -2.30. The van der Waals surface area contributed by atoms with Gasteiger partial charge in [0.25, 0.3) is 0 Å². The lowest BCUT2D eigenvalue weighted by molar-refractivity contribution is 0.383. The molecule has 20 heavy (non-hydrogen) atoms. The predicted octanol–water partition coefficient (Wildman–Crippen LogP) is 4.23. The lowest BCUT2D eigenvalue weighted by Crippen LogP contribution is -2.34. The SMILES string of the molecule is Cc1cccc(-c2ccccc2)c1N1C=CN(C)[C@@H]1C. The Bertz CT molecular complexity index is 631. The summed E-state index contributed by atoms with van der Waals surface area (Å²) in [6.07, 6.45) is 4.64. The van der Waals surface area contributed by atoms with E-state index >= 15 is 0 Å². The van der Waals surface area contributed by atoms with Crippen LogP contribution in [0.1, 0.15) is 12.5 Å². The second-order valence-corrected chi connectivity index (χ2v) is 5.34. The van der Waals surface area contributed by atoms with Gasteiger partial charge < -0.3 is 9.80 Å². The maximum Gasteiger partial charge on any atom is 0.102 e. The molecule has 0 unspecified atom stereocenters. The van der Waals surface area contributed by atoms with E-state index in [9.17, 15) is 0 Å². The zero-order chi connectivity index (χ0) is 14.1. The molecular weight excluding hydrogens is 244 g/mol. The van der Waals surface area contributed by atoms with Crippen molar-refractivity contribution >= 4 is 5.69 Å². The van der Waals surface area contributed by atoms with E-state index in [-0.39, 0.29) is 0 Å². The van der Waals surface area contributed by atoms with E-state index in [2.05, 4.69) is 91.6 Å². The molecule has 1 heterocycles. The van der Waals surface area contributed by atoms with Crippen LogP contribution >= 0.6 is 0 Å². The molecule has 0 saturated heterocycles. The molecule has 0 aromatic heterocycles. The Hall–Kier alpha value is -2.22. The van der Waals surface area contributed by atoms with Gasteiger partial charge in [0.15, 0.2) is 0 Å². The third-order valence-corrected chi connectivity index (χ3v) is 4.04. The van der Waals surface area contributed by atoms with Gasteiger partial charge in [-0.2, -0.15) is 0 Å². The van der Waals surface area contributed by atoms with Crippen LogP contribution in [0.3, 0.4) is 0 Å². The summed E-state index contributed by atoms with van der Waals surface area (Å²) in [6, 6.07) is 17.1. The minimum Gasteiger partial charge on any atom is -0.359 e. The van der Waals surface area contributed by atoms with Gasteiger partial charge in [0.05, 0.1) is 5.69 Å². The van der Waals surface area contributed by atoms with E-state index in [1.807, 2.05) is 0 Å². The number of aryl methyl sites for hydroxylation is 1. The van der Waals surface area contributed by atoms with Gasteiger partial charge >= 0.3 is 0 Å². The second-order valence-electron chi connectivity index (χ2n) is 5.34. The Morgan fingerprint density at radius 2 is 1.65 bits per heavy atom. The molecule has 0 amide bonds. The van der Waals surface area contributed by atoms with Crippen LogP contribution in [-0.4, -0.2) is 18.1 Å². The van der Waals surface area contributed by atoms with Gasteiger partial charge in [-0.15, -0.1) is 0 Å². The van der Waals surface area contributed by atoms with Crippen LogP contribution in [0.2, 0.25) is 0 Å². The van der Waals surface area contributed by atoms with Gasteiger partial charge in [0.1, 0.15) is 6.17 Å². The minimum atomic E-state index is 0.346. The van der Waals surface area contributed by atoms with Crippen LogP contribution in [0.15, 0.2) is 60.9 Å². The Labute approximate surface area is 121 Å². The maximum absolute atomic E-state index is 2.34. The molecule has 0 aliphatic carbocycles. The lowest BCUT2D eigenvalue weighted by atomic mass is 9.99. The topological polar surface area (TPSA) is 6.48 Å². The van der Waals surface area contributed by atoms with Crippen molar-refractivity contribution in [3.8, 4) is 11.1 Å². The zero-order valence-corrected chi connectivity index (χ0v) is 12.2. The molecule has 0 spiro atoms. The molecular formula is C18H20N2. The molecule has 0 bridgehead atoms. The van der Waals surface area contributed by atoms with Crippen molar-refractivity contribution in [2.45, 2.75) is 20.0 Å². The molecule has 2 nitrogen and oxygen atoms in total. The highest BCUT2D eigenvalue weighted by molar-refractivity contribution is 5.82. The Morgan fingerprint density at radius 3 is 2.30 bits per heavy atom. The van der Waals surface area contributed by atoms with Crippen molar-refractivity contribution in [1.29, 1.82) is 0 Å². The van der Waals surface area contributed by atoms with Crippen molar-refractivity contribution in [2.24, 2.45) is 0 Å². The van der Waals surface area contributed by atoms with Crippen molar-refractivity contribution in [1.82, 2.24) is 4.90 Å². The van der Waals surface area contributed by atoms with Crippen molar-refractivity contribution in [3.05, 3.63) is 66.5 Å². The minimum absolute atomic E-state index is 0.346. The molecule has 1 atom stereocenters. The quantitative estimate of drug-likeness (QED) is 0.801. The number of anilines is 1. The van der Waals surface area contributed by atoms with Crippen LogP contribution < -0.4 is 4.90 Å². The molecule has 1 aliphatic rings. The first kappa shape index (κ1) is 12.8. The molecule has 0 saturated carbocycles. The largest absolute Gasteiger partial charge is 0.359 e. The Morgan fingerprint density at radius 1 is 0.900 bits per heavy atom. The van der Waals surface area contributed by atoms with Crippen LogP contribution in [0.4, 0.5) is 5.69 Å². The van der Waals surface area contributed by atoms with E-state index < -0.39 is 0 Å². The second kappa shape index (κ2) is 5.04. The summed E-state index contributed by atoms with van der Waals surface area (Å²) in [5, 5.41) is 0. The number of para-hydroxylation sites is 1. The van der Waals surface area contributed by atoms with Crippen molar-refractivity contribution < 1.29 is 0 Å². The van der Waals surface area contributed by atoms with Gasteiger partial charge in [-0.1, -0.05) is 48.5 Å². The molecule has 2 aromatic carbocycles. The van der Waals surface area contributed by atoms with E-state index in [0.29, 0.717) is 6.17 Å². The average molecular weight is 264 g/mol. The molecule has 102 valence electrons. The van der Waals surface area contributed by atoms with E-state index in [0.717, 1.165) is 0 Å². The summed E-state index contributed by atoms with van der Waals surface area (Å²) in [7, 11) is 2.11. The average Bonchev–Trinajstić information content (AvgIpc) is 2.80. The standard InChI is InChI=1S/C18H20N2/c1-14-8-7-11-17(16-9-5-4-6-10-16)18(14)20-13-12-19(3)15(20)2/h4-13,15H,1-3H3/t15-/m0/s1. The third kappa shape index (κ3) is 2.07. The molecule has 2 aromatic rings. The van der Waals surface area contributed by atoms with Crippen molar-refractivity contribution in [2.75, 3.05) is 11.9 Å². The van der Waals surface area contributed by atoms with Crippen LogP contribution in [0.25, 0.3) is 11.1 Å². The number of hydrogen-bond acceptors (Lipinski definition) is 2.